The molecule has 2 aromatic rings. The molecule has 0 saturated heterocycles. The zero-order valence-corrected chi connectivity index (χ0v) is 9.87. The summed E-state index contributed by atoms with van der Waals surface area (Å²) in [6.07, 6.45) is 4.55. The van der Waals surface area contributed by atoms with Crippen LogP contribution in [0.1, 0.15) is 37.5 Å². The van der Waals surface area contributed by atoms with Crippen LogP contribution >= 0.6 is 0 Å². The molecule has 5 heteroatoms. The lowest BCUT2D eigenvalue weighted by atomic mass is 9.88. The van der Waals surface area contributed by atoms with Crippen LogP contribution in [0.2, 0.25) is 0 Å². The Hall–Kier alpha value is -2.04. The van der Waals surface area contributed by atoms with Gasteiger partial charge in [0.05, 0.1) is 0 Å². The van der Waals surface area contributed by atoms with Gasteiger partial charge in [0.2, 0.25) is 11.7 Å². The van der Waals surface area contributed by atoms with Gasteiger partial charge < -0.3 is 4.52 Å². The summed E-state index contributed by atoms with van der Waals surface area (Å²) in [5.74, 6) is 1.69. The number of ketones is 1. The molecule has 1 aliphatic rings. The molecule has 18 heavy (non-hydrogen) atoms. The van der Waals surface area contributed by atoms with Crippen molar-refractivity contribution in [1.29, 1.82) is 0 Å². The van der Waals surface area contributed by atoms with Gasteiger partial charge in [-0.05, 0) is 25.0 Å². The number of hydrogen-bond acceptors (Lipinski definition) is 5. The van der Waals surface area contributed by atoms with E-state index in [-0.39, 0.29) is 5.92 Å². The van der Waals surface area contributed by atoms with E-state index in [0.717, 1.165) is 12.8 Å². The molecule has 0 amide bonds. The van der Waals surface area contributed by atoms with Gasteiger partial charge in [-0.15, -0.1) is 0 Å². The first-order valence-electron chi connectivity index (χ1n) is 6.09. The Morgan fingerprint density at radius 1 is 1.22 bits per heavy atom. The minimum Gasteiger partial charge on any atom is -0.339 e. The van der Waals surface area contributed by atoms with Crippen molar-refractivity contribution in [2.24, 2.45) is 0 Å². The maximum absolute atomic E-state index is 11.2. The van der Waals surface area contributed by atoms with E-state index in [1.807, 2.05) is 18.2 Å². The van der Waals surface area contributed by atoms with Gasteiger partial charge in [0.15, 0.2) is 0 Å². The van der Waals surface area contributed by atoms with Gasteiger partial charge in [-0.3, -0.25) is 9.78 Å². The second-order valence-corrected chi connectivity index (χ2v) is 4.48. The monoisotopic (exact) mass is 243 g/mol. The summed E-state index contributed by atoms with van der Waals surface area (Å²) >= 11 is 0. The average molecular weight is 243 g/mol. The van der Waals surface area contributed by atoms with Crippen molar-refractivity contribution in [3.63, 3.8) is 0 Å². The van der Waals surface area contributed by atoms with Crippen molar-refractivity contribution in [2.75, 3.05) is 0 Å². The van der Waals surface area contributed by atoms with Crippen LogP contribution in [0.15, 0.2) is 28.9 Å². The fourth-order valence-electron chi connectivity index (χ4n) is 2.19. The van der Waals surface area contributed by atoms with Crippen LogP contribution in [0.5, 0.6) is 0 Å². The molecule has 2 aromatic heterocycles. The van der Waals surface area contributed by atoms with Crippen LogP contribution in [0, 0.1) is 0 Å². The lowest BCUT2D eigenvalue weighted by molar-refractivity contribution is -0.120. The Morgan fingerprint density at radius 2 is 2.06 bits per heavy atom. The molecule has 1 saturated carbocycles. The standard InChI is InChI=1S/C13H13N3O2/c17-10-6-4-9(5-7-10)13-15-12(16-18-13)11-3-1-2-8-14-11/h1-3,8-9H,4-7H2. The minimum absolute atomic E-state index is 0.215. The summed E-state index contributed by atoms with van der Waals surface area (Å²) in [5, 5.41) is 3.95. The van der Waals surface area contributed by atoms with Gasteiger partial charge in [0, 0.05) is 25.0 Å². The van der Waals surface area contributed by atoms with Gasteiger partial charge in [-0.25, -0.2) is 0 Å². The van der Waals surface area contributed by atoms with Crippen LogP contribution in [0.25, 0.3) is 11.5 Å². The van der Waals surface area contributed by atoms with Crippen molar-refractivity contribution >= 4 is 5.78 Å². The molecule has 0 bridgehead atoms. The first kappa shape index (κ1) is 11.1. The molecule has 0 N–H and O–H groups in total. The van der Waals surface area contributed by atoms with Crippen molar-refractivity contribution < 1.29 is 9.32 Å². The number of carbonyl (C=O) groups excluding carboxylic acids is 1. The van der Waals surface area contributed by atoms with Crippen LogP contribution in [0.3, 0.4) is 0 Å². The largest absolute Gasteiger partial charge is 0.339 e. The van der Waals surface area contributed by atoms with E-state index in [2.05, 4.69) is 15.1 Å². The number of aromatic nitrogens is 3. The third kappa shape index (κ3) is 2.16. The highest BCUT2D eigenvalue weighted by Gasteiger charge is 2.25. The lowest BCUT2D eigenvalue weighted by Gasteiger charge is -2.16. The summed E-state index contributed by atoms with van der Waals surface area (Å²) in [6, 6.07) is 5.58. The third-order valence-electron chi connectivity index (χ3n) is 3.23. The van der Waals surface area contributed by atoms with E-state index in [9.17, 15) is 4.79 Å². The van der Waals surface area contributed by atoms with Crippen molar-refractivity contribution in [1.82, 2.24) is 15.1 Å². The number of hydrogen-bond donors (Lipinski definition) is 0. The van der Waals surface area contributed by atoms with Crippen LogP contribution in [-0.4, -0.2) is 20.9 Å². The number of nitrogens with zero attached hydrogens (tertiary/aromatic N) is 3. The van der Waals surface area contributed by atoms with E-state index in [1.54, 1.807) is 6.20 Å². The Kier molecular flexibility index (Phi) is 2.88. The molecule has 0 aliphatic heterocycles. The van der Waals surface area contributed by atoms with Crippen molar-refractivity contribution in [2.45, 2.75) is 31.6 Å². The fourth-order valence-corrected chi connectivity index (χ4v) is 2.19. The Labute approximate surface area is 104 Å². The molecule has 5 nitrogen and oxygen atoms in total. The quantitative estimate of drug-likeness (QED) is 0.809. The maximum Gasteiger partial charge on any atom is 0.230 e. The Bertz CT molecular complexity index is 540. The second kappa shape index (κ2) is 4.68. The van der Waals surface area contributed by atoms with Crippen LogP contribution in [-0.2, 0) is 4.79 Å². The molecule has 1 aliphatic carbocycles. The van der Waals surface area contributed by atoms with E-state index in [4.69, 9.17) is 4.52 Å². The fraction of sp³-hybridized carbons (Fsp3) is 0.385. The predicted molar refractivity (Wildman–Crippen MR) is 63.7 cm³/mol. The molecule has 0 atom stereocenters. The third-order valence-corrected chi connectivity index (χ3v) is 3.23. The number of carbonyl (C=O) groups is 1. The SMILES string of the molecule is O=C1CCC(c2nc(-c3ccccn3)no2)CC1. The molecule has 0 unspecified atom stereocenters. The average Bonchev–Trinajstić information content (AvgIpc) is 2.90. The van der Waals surface area contributed by atoms with Gasteiger partial charge in [0.1, 0.15) is 11.5 Å². The van der Waals surface area contributed by atoms with Crippen LogP contribution in [0.4, 0.5) is 0 Å². The Balaban J connectivity index is 1.80. The second-order valence-electron chi connectivity index (χ2n) is 4.48. The summed E-state index contributed by atoms with van der Waals surface area (Å²) in [5.41, 5.74) is 0.708. The molecule has 0 aromatic carbocycles. The van der Waals surface area contributed by atoms with Gasteiger partial charge in [-0.1, -0.05) is 11.2 Å². The highest BCUT2D eigenvalue weighted by molar-refractivity contribution is 5.79. The van der Waals surface area contributed by atoms with E-state index < -0.39 is 0 Å². The number of rotatable bonds is 2. The highest BCUT2D eigenvalue weighted by atomic mass is 16.5. The molecular weight excluding hydrogens is 230 g/mol. The van der Waals surface area contributed by atoms with E-state index in [0.29, 0.717) is 36.0 Å². The van der Waals surface area contributed by atoms with Crippen molar-refractivity contribution in [3.8, 4) is 11.5 Å². The molecule has 0 radical (unpaired) electrons. The van der Waals surface area contributed by atoms with Crippen LogP contribution < -0.4 is 0 Å². The van der Waals surface area contributed by atoms with Gasteiger partial charge >= 0.3 is 0 Å². The molecule has 2 heterocycles. The number of pyridine rings is 1. The Morgan fingerprint density at radius 3 is 2.78 bits per heavy atom. The molecule has 92 valence electrons. The summed E-state index contributed by atoms with van der Waals surface area (Å²) in [6.45, 7) is 0. The maximum atomic E-state index is 11.2. The van der Waals surface area contributed by atoms with E-state index >= 15 is 0 Å². The minimum atomic E-state index is 0.215. The topological polar surface area (TPSA) is 68.9 Å². The number of Topliss-reactive ketones (excluding diaryl/α,β-unsaturated/α-hetero) is 1. The molecule has 3 rings (SSSR count). The van der Waals surface area contributed by atoms with Gasteiger partial charge in [-0.2, -0.15) is 4.98 Å². The zero-order chi connectivity index (χ0) is 12.4. The smallest absolute Gasteiger partial charge is 0.230 e. The highest BCUT2D eigenvalue weighted by Crippen LogP contribution is 2.30. The summed E-state index contributed by atoms with van der Waals surface area (Å²) in [7, 11) is 0. The van der Waals surface area contributed by atoms with E-state index in [1.165, 1.54) is 0 Å². The summed E-state index contributed by atoms with van der Waals surface area (Å²) in [4.78, 5) is 19.7. The summed E-state index contributed by atoms with van der Waals surface area (Å²) < 4.78 is 5.28. The van der Waals surface area contributed by atoms with Crippen molar-refractivity contribution in [3.05, 3.63) is 30.3 Å². The molecular formula is C13H13N3O2. The first-order valence-corrected chi connectivity index (χ1v) is 6.09. The zero-order valence-electron chi connectivity index (χ0n) is 9.87. The lowest BCUT2D eigenvalue weighted by Crippen LogP contribution is -2.12. The first-order chi connectivity index (χ1) is 8.83. The van der Waals surface area contributed by atoms with Gasteiger partial charge in [0.25, 0.3) is 0 Å². The predicted octanol–water partition coefficient (Wildman–Crippen LogP) is 2.36. The normalized spacial score (nSPS) is 17.0. The molecule has 1 fully saturated rings. The molecule has 0 spiro atoms.